The Morgan fingerprint density at radius 1 is 1.14 bits per heavy atom. The molecule has 2 aromatic rings. The summed E-state index contributed by atoms with van der Waals surface area (Å²) in [6.07, 6.45) is 1.94. The Morgan fingerprint density at radius 2 is 1.95 bits per heavy atom. The Morgan fingerprint density at radius 3 is 2.71 bits per heavy atom. The van der Waals surface area contributed by atoms with Gasteiger partial charge in [-0.25, -0.2) is 4.39 Å². The average Bonchev–Trinajstić information content (AvgIpc) is 2.44. The predicted molar refractivity (Wildman–Crippen MR) is 83.4 cm³/mol. The molecule has 3 rings (SSSR count). The Bertz CT molecular complexity index is 608. The van der Waals surface area contributed by atoms with Gasteiger partial charge in [-0.05, 0) is 49.4 Å². The lowest BCUT2D eigenvalue weighted by atomic mass is 9.75. The SMILES string of the molecule is CCOc1cccc(NC2CC(c3ccccc3F)C2)c1. The van der Waals surface area contributed by atoms with Gasteiger partial charge in [0.1, 0.15) is 11.6 Å². The normalized spacial score (nSPS) is 20.7. The quantitative estimate of drug-likeness (QED) is 0.868. The van der Waals surface area contributed by atoms with E-state index in [2.05, 4.69) is 5.32 Å². The summed E-state index contributed by atoms with van der Waals surface area (Å²) in [4.78, 5) is 0. The number of hydrogen-bond donors (Lipinski definition) is 1. The Labute approximate surface area is 125 Å². The molecule has 1 N–H and O–H groups in total. The second kappa shape index (κ2) is 6.17. The van der Waals surface area contributed by atoms with Crippen LogP contribution in [0.2, 0.25) is 0 Å². The van der Waals surface area contributed by atoms with Gasteiger partial charge in [0.05, 0.1) is 6.61 Å². The summed E-state index contributed by atoms with van der Waals surface area (Å²) in [6, 6.07) is 15.5. The van der Waals surface area contributed by atoms with Crippen molar-refractivity contribution >= 4 is 5.69 Å². The standard InChI is InChI=1S/C18H20FNO/c1-2-21-16-7-5-6-14(12-16)20-15-10-13(11-15)17-8-3-4-9-18(17)19/h3-9,12-13,15,20H,2,10-11H2,1H3. The Hall–Kier alpha value is -2.03. The van der Waals surface area contributed by atoms with E-state index in [9.17, 15) is 4.39 Å². The first-order chi connectivity index (χ1) is 10.3. The first kappa shape index (κ1) is 13.9. The van der Waals surface area contributed by atoms with Crippen molar-refractivity contribution in [1.82, 2.24) is 0 Å². The Balaban J connectivity index is 1.57. The third-order valence-corrected chi connectivity index (χ3v) is 4.00. The first-order valence-electron chi connectivity index (χ1n) is 7.50. The van der Waals surface area contributed by atoms with Crippen LogP contribution in [0.4, 0.5) is 10.1 Å². The molecule has 0 spiro atoms. The monoisotopic (exact) mass is 285 g/mol. The lowest BCUT2D eigenvalue weighted by Crippen LogP contribution is -2.34. The number of rotatable bonds is 5. The molecule has 0 aromatic heterocycles. The molecule has 0 bridgehead atoms. The maximum atomic E-state index is 13.7. The molecule has 0 saturated heterocycles. The Kier molecular flexibility index (Phi) is 4.09. The number of anilines is 1. The van der Waals surface area contributed by atoms with Crippen molar-refractivity contribution < 1.29 is 9.13 Å². The topological polar surface area (TPSA) is 21.3 Å². The van der Waals surface area contributed by atoms with Gasteiger partial charge in [0, 0.05) is 17.8 Å². The summed E-state index contributed by atoms with van der Waals surface area (Å²) < 4.78 is 19.2. The molecule has 0 radical (unpaired) electrons. The number of halogens is 1. The minimum atomic E-state index is -0.0840. The molecule has 0 atom stereocenters. The van der Waals surface area contributed by atoms with E-state index < -0.39 is 0 Å². The van der Waals surface area contributed by atoms with Crippen molar-refractivity contribution in [3.8, 4) is 5.75 Å². The van der Waals surface area contributed by atoms with Gasteiger partial charge < -0.3 is 10.1 Å². The minimum Gasteiger partial charge on any atom is -0.494 e. The molecule has 3 heteroatoms. The molecule has 2 aromatic carbocycles. The fourth-order valence-corrected chi connectivity index (χ4v) is 2.87. The summed E-state index contributed by atoms with van der Waals surface area (Å²) >= 11 is 0. The van der Waals surface area contributed by atoms with Gasteiger partial charge >= 0.3 is 0 Å². The van der Waals surface area contributed by atoms with Gasteiger partial charge in [0.15, 0.2) is 0 Å². The molecular weight excluding hydrogens is 265 g/mol. The van der Waals surface area contributed by atoms with E-state index in [0.29, 0.717) is 18.6 Å². The number of nitrogens with one attached hydrogen (secondary N) is 1. The molecule has 1 aliphatic carbocycles. The maximum Gasteiger partial charge on any atom is 0.126 e. The third-order valence-electron chi connectivity index (χ3n) is 4.00. The van der Waals surface area contributed by atoms with Crippen LogP contribution in [-0.2, 0) is 0 Å². The van der Waals surface area contributed by atoms with Crippen molar-refractivity contribution in [3.63, 3.8) is 0 Å². The summed E-state index contributed by atoms with van der Waals surface area (Å²) in [5.41, 5.74) is 1.91. The van der Waals surface area contributed by atoms with Crippen LogP contribution in [0.25, 0.3) is 0 Å². The van der Waals surface area contributed by atoms with Crippen LogP contribution in [-0.4, -0.2) is 12.6 Å². The van der Waals surface area contributed by atoms with Crippen molar-refractivity contribution in [1.29, 1.82) is 0 Å². The van der Waals surface area contributed by atoms with E-state index in [0.717, 1.165) is 29.8 Å². The van der Waals surface area contributed by atoms with Gasteiger partial charge in [-0.1, -0.05) is 24.3 Å². The number of ether oxygens (including phenoxy) is 1. The summed E-state index contributed by atoms with van der Waals surface area (Å²) in [5.74, 6) is 1.13. The van der Waals surface area contributed by atoms with Crippen LogP contribution in [0.1, 0.15) is 31.2 Å². The zero-order chi connectivity index (χ0) is 14.7. The lowest BCUT2D eigenvalue weighted by Gasteiger charge is -2.37. The second-order valence-corrected chi connectivity index (χ2v) is 5.49. The predicted octanol–water partition coefficient (Wildman–Crippen LogP) is 4.58. The molecule has 0 heterocycles. The van der Waals surface area contributed by atoms with Gasteiger partial charge in [-0.3, -0.25) is 0 Å². The van der Waals surface area contributed by atoms with Gasteiger partial charge in [0.25, 0.3) is 0 Å². The summed E-state index contributed by atoms with van der Waals surface area (Å²) in [7, 11) is 0. The van der Waals surface area contributed by atoms with Gasteiger partial charge in [0.2, 0.25) is 0 Å². The number of hydrogen-bond acceptors (Lipinski definition) is 2. The average molecular weight is 285 g/mol. The lowest BCUT2D eigenvalue weighted by molar-refractivity contribution is 0.340. The molecule has 0 aliphatic heterocycles. The van der Waals surface area contributed by atoms with E-state index >= 15 is 0 Å². The first-order valence-corrected chi connectivity index (χ1v) is 7.50. The van der Waals surface area contributed by atoms with Crippen LogP contribution < -0.4 is 10.1 Å². The second-order valence-electron chi connectivity index (χ2n) is 5.49. The van der Waals surface area contributed by atoms with Crippen molar-refractivity contribution in [2.75, 3.05) is 11.9 Å². The highest BCUT2D eigenvalue weighted by molar-refractivity contribution is 5.49. The zero-order valence-electron chi connectivity index (χ0n) is 12.2. The zero-order valence-corrected chi connectivity index (χ0v) is 12.2. The fourth-order valence-electron chi connectivity index (χ4n) is 2.87. The van der Waals surface area contributed by atoms with E-state index in [4.69, 9.17) is 4.74 Å². The molecule has 1 saturated carbocycles. The maximum absolute atomic E-state index is 13.7. The van der Waals surface area contributed by atoms with E-state index in [1.165, 1.54) is 0 Å². The van der Waals surface area contributed by atoms with Crippen LogP contribution in [0.3, 0.4) is 0 Å². The van der Waals surface area contributed by atoms with E-state index in [1.54, 1.807) is 12.1 Å². The molecule has 2 nitrogen and oxygen atoms in total. The number of benzene rings is 2. The highest BCUT2D eigenvalue weighted by Gasteiger charge is 2.31. The van der Waals surface area contributed by atoms with Crippen LogP contribution >= 0.6 is 0 Å². The largest absolute Gasteiger partial charge is 0.494 e. The molecule has 1 fully saturated rings. The van der Waals surface area contributed by atoms with Crippen molar-refractivity contribution in [2.24, 2.45) is 0 Å². The van der Waals surface area contributed by atoms with E-state index in [-0.39, 0.29) is 5.82 Å². The molecule has 0 unspecified atom stereocenters. The third kappa shape index (κ3) is 3.18. The van der Waals surface area contributed by atoms with Crippen LogP contribution in [0.15, 0.2) is 48.5 Å². The molecule has 1 aliphatic rings. The van der Waals surface area contributed by atoms with E-state index in [1.807, 2.05) is 43.3 Å². The fraction of sp³-hybridized carbons (Fsp3) is 0.333. The highest BCUT2D eigenvalue weighted by atomic mass is 19.1. The summed E-state index contributed by atoms with van der Waals surface area (Å²) in [6.45, 7) is 2.65. The van der Waals surface area contributed by atoms with Crippen LogP contribution in [0, 0.1) is 5.82 Å². The molecule has 0 amide bonds. The summed E-state index contributed by atoms with van der Waals surface area (Å²) in [5, 5.41) is 3.49. The van der Waals surface area contributed by atoms with Gasteiger partial charge in [-0.2, -0.15) is 0 Å². The molecular formula is C18H20FNO. The van der Waals surface area contributed by atoms with Crippen LogP contribution in [0.5, 0.6) is 5.75 Å². The molecule has 110 valence electrons. The van der Waals surface area contributed by atoms with Crippen molar-refractivity contribution in [2.45, 2.75) is 31.7 Å². The molecule has 21 heavy (non-hydrogen) atoms. The highest BCUT2D eigenvalue weighted by Crippen LogP contribution is 2.39. The van der Waals surface area contributed by atoms with Gasteiger partial charge in [-0.15, -0.1) is 0 Å². The smallest absolute Gasteiger partial charge is 0.126 e. The van der Waals surface area contributed by atoms with Crippen molar-refractivity contribution in [3.05, 3.63) is 59.9 Å². The minimum absolute atomic E-state index is 0.0840.